The Kier molecular flexibility index (Phi) is 2.63. The van der Waals surface area contributed by atoms with Crippen LogP contribution in [0.3, 0.4) is 0 Å². The number of aromatic amines is 1. The van der Waals surface area contributed by atoms with Gasteiger partial charge in [0.05, 0.1) is 11.2 Å². The van der Waals surface area contributed by atoms with Crippen LogP contribution in [0.1, 0.15) is 10.5 Å². The Morgan fingerprint density at radius 3 is 2.95 bits per heavy atom. The number of carboxylic acids is 1. The summed E-state index contributed by atoms with van der Waals surface area (Å²) in [6.45, 7) is 0. The van der Waals surface area contributed by atoms with Crippen molar-refractivity contribution in [1.29, 1.82) is 0 Å². The fourth-order valence-electron chi connectivity index (χ4n) is 2.07. The van der Waals surface area contributed by atoms with E-state index < -0.39 is 5.97 Å². The first-order valence-corrected chi connectivity index (χ1v) is 6.27. The molecular formula is C12H9BrN4O2. The molecule has 0 aliphatic heterocycles. The van der Waals surface area contributed by atoms with E-state index in [1.165, 1.54) is 6.07 Å². The summed E-state index contributed by atoms with van der Waals surface area (Å²) >= 11 is 3.40. The molecule has 3 aromatic rings. The minimum absolute atomic E-state index is 0.0632. The van der Waals surface area contributed by atoms with E-state index >= 15 is 0 Å². The fourth-order valence-corrected chi connectivity index (χ4v) is 2.63. The zero-order valence-electron chi connectivity index (χ0n) is 9.88. The van der Waals surface area contributed by atoms with Gasteiger partial charge in [-0.05, 0) is 28.1 Å². The van der Waals surface area contributed by atoms with Crippen molar-refractivity contribution >= 4 is 32.8 Å². The molecule has 19 heavy (non-hydrogen) atoms. The minimum Gasteiger partial charge on any atom is -0.477 e. The highest BCUT2D eigenvalue weighted by Crippen LogP contribution is 2.31. The zero-order chi connectivity index (χ0) is 13.6. The lowest BCUT2D eigenvalue weighted by atomic mass is 10.1. The number of fused-ring (bicyclic) bond motifs is 1. The van der Waals surface area contributed by atoms with Gasteiger partial charge in [0.1, 0.15) is 10.3 Å². The predicted octanol–water partition coefficient (Wildman–Crippen LogP) is 2.42. The Hall–Kier alpha value is -2.15. The van der Waals surface area contributed by atoms with Crippen LogP contribution < -0.4 is 0 Å². The molecule has 2 aromatic heterocycles. The topological polar surface area (TPSA) is 83.8 Å². The van der Waals surface area contributed by atoms with Crippen LogP contribution in [0.2, 0.25) is 0 Å². The first-order valence-electron chi connectivity index (χ1n) is 5.48. The molecular weight excluding hydrogens is 312 g/mol. The number of hydrogen-bond acceptors (Lipinski definition) is 3. The average Bonchev–Trinajstić information content (AvgIpc) is 2.96. The molecule has 3 rings (SSSR count). The van der Waals surface area contributed by atoms with Crippen LogP contribution in [-0.2, 0) is 7.05 Å². The van der Waals surface area contributed by atoms with E-state index in [9.17, 15) is 4.79 Å². The molecule has 0 amide bonds. The maximum atomic E-state index is 10.9. The Morgan fingerprint density at radius 2 is 2.26 bits per heavy atom. The number of nitrogens with one attached hydrogen (secondary N) is 1. The van der Waals surface area contributed by atoms with Crippen LogP contribution in [0.5, 0.6) is 0 Å². The standard InChI is InChI=1S/C12H9BrN4O2/c1-17-10-6(3-2-4-7(10)11(13)16-17)8-5-9(12(18)19)15-14-8/h2-5H,1H3,(H,14,15)(H,18,19). The molecule has 0 saturated heterocycles. The number of aryl methyl sites for hydroxylation is 1. The van der Waals surface area contributed by atoms with Crippen LogP contribution >= 0.6 is 15.9 Å². The maximum Gasteiger partial charge on any atom is 0.353 e. The Labute approximate surface area is 116 Å². The molecule has 7 heteroatoms. The number of para-hydroxylation sites is 1. The van der Waals surface area contributed by atoms with Crippen molar-refractivity contribution in [2.75, 3.05) is 0 Å². The molecule has 0 aliphatic carbocycles. The Bertz CT molecular complexity index is 790. The van der Waals surface area contributed by atoms with E-state index in [1.54, 1.807) is 4.68 Å². The van der Waals surface area contributed by atoms with Gasteiger partial charge in [-0.3, -0.25) is 9.78 Å². The number of aromatic carboxylic acids is 1. The lowest BCUT2D eigenvalue weighted by molar-refractivity contribution is 0.0690. The van der Waals surface area contributed by atoms with Gasteiger partial charge in [0, 0.05) is 18.0 Å². The van der Waals surface area contributed by atoms with E-state index in [4.69, 9.17) is 5.11 Å². The largest absolute Gasteiger partial charge is 0.477 e. The van der Waals surface area contributed by atoms with Gasteiger partial charge in [-0.15, -0.1) is 0 Å². The summed E-state index contributed by atoms with van der Waals surface area (Å²) in [7, 11) is 1.83. The molecule has 0 unspecified atom stereocenters. The van der Waals surface area contributed by atoms with Crippen molar-refractivity contribution in [2.24, 2.45) is 7.05 Å². The molecule has 0 fully saturated rings. The number of halogens is 1. The van der Waals surface area contributed by atoms with Crippen molar-refractivity contribution in [2.45, 2.75) is 0 Å². The highest BCUT2D eigenvalue weighted by molar-refractivity contribution is 9.10. The number of rotatable bonds is 2. The Balaban J connectivity index is 2.27. The van der Waals surface area contributed by atoms with Gasteiger partial charge < -0.3 is 5.11 Å². The van der Waals surface area contributed by atoms with Gasteiger partial charge in [0.25, 0.3) is 0 Å². The minimum atomic E-state index is -1.03. The van der Waals surface area contributed by atoms with E-state index in [1.807, 2.05) is 25.2 Å². The molecule has 0 aliphatic rings. The van der Waals surface area contributed by atoms with Crippen LogP contribution in [0, 0.1) is 0 Å². The molecule has 96 valence electrons. The highest BCUT2D eigenvalue weighted by atomic mass is 79.9. The quantitative estimate of drug-likeness (QED) is 0.759. The van der Waals surface area contributed by atoms with Gasteiger partial charge in [0.2, 0.25) is 0 Å². The summed E-state index contributed by atoms with van der Waals surface area (Å²) in [5.74, 6) is -1.03. The Morgan fingerprint density at radius 1 is 1.47 bits per heavy atom. The van der Waals surface area contributed by atoms with Crippen molar-refractivity contribution in [3.63, 3.8) is 0 Å². The number of carboxylic acid groups (broad SMARTS) is 1. The summed E-state index contributed by atoms with van der Waals surface area (Å²) in [5, 5.41) is 20.7. The third-order valence-electron chi connectivity index (χ3n) is 2.90. The monoisotopic (exact) mass is 320 g/mol. The second-order valence-corrected chi connectivity index (χ2v) is 4.84. The van der Waals surface area contributed by atoms with Crippen molar-refractivity contribution in [1.82, 2.24) is 20.0 Å². The molecule has 2 heterocycles. The highest BCUT2D eigenvalue weighted by Gasteiger charge is 2.15. The lowest BCUT2D eigenvalue weighted by Crippen LogP contribution is -1.95. The van der Waals surface area contributed by atoms with Crippen LogP contribution in [0.25, 0.3) is 22.2 Å². The van der Waals surface area contributed by atoms with Crippen LogP contribution in [-0.4, -0.2) is 31.1 Å². The number of hydrogen-bond donors (Lipinski definition) is 2. The van der Waals surface area contributed by atoms with E-state index in [0.717, 1.165) is 21.1 Å². The molecule has 1 aromatic carbocycles. The first kappa shape index (κ1) is 11.9. The van der Waals surface area contributed by atoms with Gasteiger partial charge in [-0.2, -0.15) is 10.2 Å². The van der Waals surface area contributed by atoms with Crippen molar-refractivity contribution in [3.8, 4) is 11.3 Å². The second kappa shape index (κ2) is 4.20. The average molecular weight is 321 g/mol. The summed E-state index contributed by atoms with van der Waals surface area (Å²) in [5.41, 5.74) is 2.38. The molecule has 0 spiro atoms. The van der Waals surface area contributed by atoms with Crippen molar-refractivity contribution < 1.29 is 9.90 Å². The van der Waals surface area contributed by atoms with Crippen molar-refractivity contribution in [3.05, 3.63) is 34.6 Å². The number of carbonyl (C=O) groups is 1. The molecule has 0 radical (unpaired) electrons. The molecule has 2 N–H and O–H groups in total. The lowest BCUT2D eigenvalue weighted by Gasteiger charge is -2.01. The van der Waals surface area contributed by atoms with E-state index in [-0.39, 0.29) is 5.69 Å². The van der Waals surface area contributed by atoms with E-state index in [0.29, 0.717) is 5.69 Å². The normalized spacial score (nSPS) is 11.1. The number of aromatic nitrogens is 4. The van der Waals surface area contributed by atoms with Crippen LogP contribution in [0.4, 0.5) is 0 Å². The SMILES string of the molecule is Cn1nc(Br)c2cccc(-c3cc(C(=O)O)[nH]n3)c21. The molecule has 0 saturated carbocycles. The smallest absolute Gasteiger partial charge is 0.353 e. The number of benzene rings is 1. The summed E-state index contributed by atoms with van der Waals surface area (Å²) < 4.78 is 2.49. The summed E-state index contributed by atoms with van der Waals surface area (Å²) in [4.78, 5) is 10.9. The van der Waals surface area contributed by atoms with Gasteiger partial charge >= 0.3 is 5.97 Å². The molecule has 0 atom stereocenters. The first-order chi connectivity index (χ1) is 9.08. The second-order valence-electron chi connectivity index (χ2n) is 4.09. The van der Waals surface area contributed by atoms with Gasteiger partial charge in [0.15, 0.2) is 0 Å². The van der Waals surface area contributed by atoms with Crippen LogP contribution in [0.15, 0.2) is 28.9 Å². The maximum absolute atomic E-state index is 10.9. The number of H-pyrrole nitrogens is 1. The predicted molar refractivity (Wildman–Crippen MR) is 73.0 cm³/mol. The zero-order valence-corrected chi connectivity index (χ0v) is 11.5. The third kappa shape index (κ3) is 1.82. The van der Waals surface area contributed by atoms with Gasteiger partial charge in [-0.1, -0.05) is 12.1 Å². The number of nitrogens with zero attached hydrogens (tertiary/aromatic N) is 3. The molecule has 0 bridgehead atoms. The third-order valence-corrected chi connectivity index (χ3v) is 3.49. The summed E-state index contributed by atoms with van der Waals surface area (Å²) in [6, 6.07) is 7.23. The summed E-state index contributed by atoms with van der Waals surface area (Å²) in [6.07, 6.45) is 0. The fraction of sp³-hybridized carbons (Fsp3) is 0.0833. The van der Waals surface area contributed by atoms with Gasteiger partial charge in [-0.25, -0.2) is 4.79 Å². The van der Waals surface area contributed by atoms with E-state index in [2.05, 4.69) is 31.2 Å². The molecule has 6 nitrogen and oxygen atoms in total.